The lowest BCUT2D eigenvalue weighted by Crippen LogP contribution is -2.36. The second-order valence-corrected chi connectivity index (χ2v) is 5.37. The number of benzene rings is 2. The van der Waals surface area contributed by atoms with Crippen molar-refractivity contribution in [2.45, 2.75) is 33.4 Å². The van der Waals surface area contributed by atoms with E-state index < -0.39 is 6.10 Å². The molecule has 0 fully saturated rings. The number of hydrogen-bond donors (Lipinski definition) is 1. The molecular formula is C18H20FNO2. The Morgan fingerprint density at radius 3 is 2.50 bits per heavy atom. The molecule has 4 heteroatoms. The molecule has 0 spiro atoms. The Hall–Kier alpha value is -2.36. The highest BCUT2D eigenvalue weighted by atomic mass is 19.1. The van der Waals surface area contributed by atoms with Gasteiger partial charge in [0.05, 0.1) is 0 Å². The number of halogens is 1. The highest BCUT2D eigenvalue weighted by Gasteiger charge is 2.15. The van der Waals surface area contributed by atoms with Crippen LogP contribution < -0.4 is 10.1 Å². The van der Waals surface area contributed by atoms with Crippen LogP contribution in [0.2, 0.25) is 0 Å². The minimum atomic E-state index is -0.596. The molecule has 0 aliphatic heterocycles. The normalized spacial score (nSPS) is 11.8. The molecule has 0 heterocycles. The smallest absolute Gasteiger partial charge is 0.261 e. The quantitative estimate of drug-likeness (QED) is 0.917. The molecule has 0 saturated heterocycles. The van der Waals surface area contributed by atoms with Gasteiger partial charge in [0.15, 0.2) is 6.10 Å². The fraction of sp³-hybridized carbons (Fsp3) is 0.278. The van der Waals surface area contributed by atoms with E-state index in [-0.39, 0.29) is 11.7 Å². The summed E-state index contributed by atoms with van der Waals surface area (Å²) in [5, 5.41) is 2.78. The highest BCUT2D eigenvalue weighted by Crippen LogP contribution is 2.20. The van der Waals surface area contributed by atoms with Gasteiger partial charge in [0.25, 0.3) is 5.91 Å². The van der Waals surface area contributed by atoms with Crippen LogP contribution in [0.25, 0.3) is 0 Å². The molecule has 1 atom stereocenters. The van der Waals surface area contributed by atoms with Crippen molar-refractivity contribution >= 4 is 5.91 Å². The molecule has 2 aromatic rings. The Morgan fingerprint density at radius 1 is 1.18 bits per heavy atom. The van der Waals surface area contributed by atoms with Crippen LogP contribution >= 0.6 is 0 Å². The van der Waals surface area contributed by atoms with Crippen molar-refractivity contribution in [3.63, 3.8) is 0 Å². The average Bonchev–Trinajstić information content (AvgIpc) is 2.49. The van der Waals surface area contributed by atoms with Crippen molar-refractivity contribution in [1.29, 1.82) is 0 Å². The molecule has 116 valence electrons. The zero-order chi connectivity index (χ0) is 16.1. The number of rotatable bonds is 5. The van der Waals surface area contributed by atoms with Crippen molar-refractivity contribution in [3.05, 3.63) is 65.0 Å². The molecular weight excluding hydrogens is 281 g/mol. The Labute approximate surface area is 130 Å². The van der Waals surface area contributed by atoms with E-state index >= 15 is 0 Å². The van der Waals surface area contributed by atoms with Gasteiger partial charge in [-0.05, 0) is 50.1 Å². The van der Waals surface area contributed by atoms with Gasteiger partial charge in [-0.2, -0.15) is 0 Å². The summed E-state index contributed by atoms with van der Waals surface area (Å²) in [6.07, 6.45) is -0.596. The highest BCUT2D eigenvalue weighted by molar-refractivity contribution is 5.80. The van der Waals surface area contributed by atoms with Crippen LogP contribution in [0.4, 0.5) is 4.39 Å². The van der Waals surface area contributed by atoms with E-state index in [9.17, 15) is 9.18 Å². The standard InChI is InChI=1S/C18H20FNO2/c1-12-4-9-17(13(2)10-12)22-14(3)18(21)20-11-15-5-7-16(19)8-6-15/h4-10,14H,11H2,1-3H3,(H,20,21). The van der Waals surface area contributed by atoms with E-state index in [4.69, 9.17) is 4.74 Å². The van der Waals surface area contributed by atoms with Crippen molar-refractivity contribution in [2.24, 2.45) is 0 Å². The molecule has 0 saturated carbocycles. The third kappa shape index (κ3) is 4.32. The monoisotopic (exact) mass is 301 g/mol. The molecule has 1 amide bonds. The van der Waals surface area contributed by atoms with Crippen LogP contribution in [0.3, 0.4) is 0 Å². The minimum absolute atomic E-state index is 0.204. The number of amides is 1. The fourth-order valence-electron chi connectivity index (χ4n) is 2.11. The summed E-state index contributed by atoms with van der Waals surface area (Å²) in [6, 6.07) is 11.9. The summed E-state index contributed by atoms with van der Waals surface area (Å²) in [7, 11) is 0. The van der Waals surface area contributed by atoms with Crippen molar-refractivity contribution < 1.29 is 13.9 Å². The third-order valence-corrected chi connectivity index (χ3v) is 3.38. The molecule has 0 aromatic heterocycles. The van der Waals surface area contributed by atoms with Gasteiger partial charge in [-0.3, -0.25) is 4.79 Å². The second kappa shape index (κ2) is 7.07. The van der Waals surface area contributed by atoms with Crippen LogP contribution in [0.15, 0.2) is 42.5 Å². The van der Waals surface area contributed by atoms with Gasteiger partial charge in [0.2, 0.25) is 0 Å². The molecule has 2 rings (SSSR count). The van der Waals surface area contributed by atoms with Gasteiger partial charge in [0, 0.05) is 6.54 Å². The third-order valence-electron chi connectivity index (χ3n) is 3.38. The summed E-state index contributed by atoms with van der Waals surface area (Å²) in [5.41, 5.74) is 2.99. The van der Waals surface area contributed by atoms with E-state index in [0.717, 1.165) is 16.7 Å². The SMILES string of the molecule is Cc1ccc(OC(C)C(=O)NCc2ccc(F)cc2)c(C)c1. The molecule has 22 heavy (non-hydrogen) atoms. The van der Waals surface area contributed by atoms with Gasteiger partial charge >= 0.3 is 0 Å². The average molecular weight is 301 g/mol. The van der Waals surface area contributed by atoms with E-state index in [1.807, 2.05) is 32.0 Å². The summed E-state index contributed by atoms with van der Waals surface area (Å²) in [4.78, 5) is 12.1. The van der Waals surface area contributed by atoms with E-state index in [1.54, 1.807) is 19.1 Å². The Morgan fingerprint density at radius 2 is 1.86 bits per heavy atom. The number of carbonyl (C=O) groups is 1. The van der Waals surface area contributed by atoms with Gasteiger partial charge in [-0.1, -0.05) is 29.8 Å². The molecule has 3 nitrogen and oxygen atoms in total. The predicted octanol–water partition coefficient (Wildman–Crippen LogP) is 3.53. The summed E-state index contributed by atoms with van der Waals surface area (Å²) >= 11 is 0. The summed E-state index contributed by atoms with van der Waals surface area (Å²) in [6.45, 7) is 6.01. The van der Waals surface area contributed by atoms with Crippen LogP contribution in [0.5, 0.6) is 5.75 Å². The van der Waals surface area contributed by atoms with Crippen LogP contribution in [0, 0.1) is 19.7 Å². The maximum atomic E-state index is 12.8. The van der Waals surface area contributed by atoms with Gasteiger partial charge in [-0.15, -0.1) is 0 Å². The van der Waals surface area contributed by atoms with Crippen molar-refractivity contribution in [1.82, 2.24) is 5.32 Å². The number of aryl methyl sites for hydroxylation is 2. The molecule has 0 aliphatic carbocycles. The largest absolute Gasteiger partial charge is 0.481 e. The van der Waals surface area contributed by atoms with Crippen molar-refractivity contribution in [3.8, 4) is 5.75 Å². The van der Waals surface area contributed by atoms with E-state index in [0.29, 0.717) is 12.3 Å². The predicted molar refractivity (Wildman–Crippen MR) is 84.3 cm³/mol. The maximum absolute atomic E-state index is 12.8. The first kappa shape index (κ1) is 16.0. The first-order valence-corrected chi connectivity index (χ1v) is 7.22. The van der Waals surface area contributed by atoms with Crippen LogP contribution in [0.1, 0.15) is 23.6 Å². The molecule has 0 radical (unpaired) electrons. The Balaban J connectivity index is 1.90. The lowest BCUT2D eigenvalue weighted by molar-refractivity contribution is -0.127. The van der Waals surface area contributed by atoms with Gasteiger partial charge in [-0.25, -0.2) is 4.39 Å². The molecule has 1 N–H and O–H groups in total. The number of nitrogens with one attached hydrogen (secondary N) is 1. The number of hydrogen-bond acceptors (Lipinski definition) is 2. The fourth-order valence-corrected chi connectivity index (χ4v) is 2.11. The second-order valence-electron chi connectivity index (χ2n) is 5.37. The van der Waals surface area contributed by atoms with E-state index in [2.05, 4.69) is 5.32 Å². The van der Waals surface area contributed by atoms with Crippen LogP contribution in [-0.2, 0) is 11.3 Å². The van der Waals surface area contributed by atoms with Crippen LogP contribution in [-0.4, -0.2) is 12.0 Å². The summed E-state index contributed by atoms with van der Waals surface area (Å²) < 4.78 is 18.5. The van der Waals surface area contributed by atoms with Gasteiger partial charge < -0.3 is 10.1 Å². The van der Waals surface area contributed by atoms with Gasteiger partial charge in [0.1, 0.15) is 11.6 Å². The summed E-state index contributed by atoms with van der Waals surface area (Å²) in [5.74, 6) is 0.209. The molecule has 0 bridgehead atoms. The lowest BCUT2D eigenvalue weighted by atomic mass is 10.1. The van der Waals surface area contributed by atoms with Crippen molar-refractivity contribution in [2.75, 3.05) is 0 Å². The molecule has 1 unspecified atom stereocenters. The first-order valence-electron chi connectivity index (χ1n) is 7.22. The van der Waals surface area contributed by atoms with E-state index in [1.165, 1.54) is 12.1 Å². The zero-order valence-corrected chi connectivity index (χ0v) is 13.0. The molecule has 0 aliphatic rings. The topological polar surface area (TPSA) is 38.3 Å². The Kier molecular flexibility index (Phi) is 5.15. The lowest BCUT2D eigenvalue weighted by Gasteiger charge is -2.16. The zero-order valence-electron chi connectivity index (χ0n) is 13.0. The number of carbonyl (C=O) groups excluding carboxylic acids is 1. The Bertz CT molecular complexity index is 653. The maximum Gasteiger partial charge on any atom is 0.261 e. The number of ether oxygens (including phenoxy) is 1. The molecule has 2 aromatic carbocycles. The minimum Gasteiger partial charge on any atom is -0.481 e. The first-order chi connectivity index (χ1) is 10.5.